The molecule has 0 aromatic heterocycles. The van der Waals surface area contributed by atoms with E-state index in [0.29, 0.717) is 0 Å². The lowest BCUT2D eigenvalue weighted by molar-refractivity contribution is 0.626. The maximum atomic E-state index is 12.7. The van der Waals surface area contributed by atoms with E-state index in [-0.39, 0.29) is 5.82 Å². The van der Waals surface area contributed by atoms with Gasteiger partial charge in [-0.1, -0.05) is 45.7 Å². The quantitative estimate of drug-likeness (QED) is 0.785. The number of halogens is 3. The molecule has 1 N–H and O–H groups in total. The summed E-state index contributed by atoms with van der Waals surface area (Å²) < 4.78 is 13.8. The van der Waals surface area contributed by atoms with E-state index >= 15 is 0 Å². The minimum Gasteiger partial charge on any atom is -0.312 e. The Bertz CT molecular complexity index is 542. The number of hydrogen-bond acceptors (Lipinski definition) is 1. The Balaban J connectivity index is 1.79. The lowest BCUT2D eigenvalue weighted by Gasteiger charge is -2.07. The Labute approximate surface area is 125 Å². The molecule has 2 aromatic carbocycles. The molecule has 2 aromatic rings. The number of nitrogens with one attached hydrogen (secondary N) is 1. The minimum absolute atomic E-state index is 0.193. The topological polar surface area (TPSA) is 12.0 Å². The second kappa shape index (κ2) is 7.04. The molecule has 0 saturated heterocycles. The summed E-state index contributed by atoms with van der Waals surface area (Å²) in [5.41, 5.74) is 2.30. The molecule has 4 heteroatoms. The fourth-order valence-electron chi connectivity index (χ4n) is 1.77. The van der Waals surface area contributed by atoms with Crippen molar-refractivity contribution in [3.8, 4) is 0 Å². The largest absolute Gasteiger partial charge is 0.312 e. The number of benzene rings is 2. The van der Waals surface area contributed by atoms with Gasteiger partial charge in [-0.3, -0.25) is 0 Å². The second-order valence-corrected chi connectivity index (χ2v) is 5.58. The van der Waals surface area contributed by atoms with E-state index in [2.05, 4.69) is 21.2 Å². The summed E-state index contributed by atoms with van der Waals surface area (Å²) in [6.45, 7) is 1.62. The molecule has 0 aliphatic carbocycles. The monoisotopic (exact) mass is 341 g/mol. The molecular weight excluding hydrogens is 329 g/mol. The predicted octanol–water partition coefficient (Wildman–Crippen LogP) is 4.57. The normalized spacial score (nSPS) is 10.7. The molecular formula is C15H14BrClFN. The molecule has 0 bridgehead atoms. The molecule has 0 heterocycles. The third-order valence-electron chi connectivity index (χ3n) is 2.83. The summed E-state index contributed by atoms with van der Waals surface area (Å²) in [5.74, 6) is -0.193. The van der Waals surface area contributed by atoms with Crippen molar-refractivity contribution in [1.29, 1.82) is 0 Å². The van der Waals surface area contributed by atoms with Crippen LogP contribution in [-0.4, -0.2) is 6.54 Å². The van der Waals surface area contributed by atoms with Crippen LogP contribution in [0.5, 0.6) is 0 Å². The van der Waals surface area contributed by atoms with E-state index in [1.165, 1.54) is 17.7 Å². The predicted molar refractivity (Wildman–Crippen MR) is 81.0 cm³/mol. The van der Waals surface area contributed by atoms with E-state index in [4.69, 9.17) is 11.6 Å². The highest BCUT2D eigenvalue weighted by Gasteiger charge is 2.00. The maximum Gasteiger partial charge on any atom is 0.123 e. The molecule has 0 aliphatic rings. The molecule has 0 amide bonds. The summed E-state index contributed by atoms with van der Waals surface area (Å²) >= 11 is 9.38. The SMILES string of the molecule is Fc1ccc(CCNCc2ccc(Cl)cc2Br)cc1. The average Bonchev–Trinajstić information content (AvgIpc) is 2.39. The van der Waals surface area contributed by atoms with Crippen LogP contribution in [0.25, 0.3) is 0 Å². The fraction of sp³-hybridized carbons (Fsp3) is 0.200. The van der Waals surface area contributed by atoms with Crippen molar-refractivity contribution >= 4 is 27.5 Å². The van der Waals surface area contributed by atoms with Crippen molar-refractivity contribution < 1.29 is 4.39 Å². The number of rotatable bonds is 5. The van der Waals surface area contributed by atoms with E-state index in [1.807, 2.05) is 30.3 Å². The molecule has 0 unspecified atom stereocenters. The smallest absolute Gasteiger partial charge is 0.123 e. The molecule has 0 fully saturated rings. The summed E-state index contributed by atoms with van der Waals surface area (Å²) in [5, 5.41) is 4.08. The third-order valence-corrected chi connectivity index (χ3v) is 3.81. The summed E-state index contributed by atoms with van der Waals surface area (Å²) in [4.78, 5) is 0. The minimum atomic E-state index is -0.193. The van der Waals surface area contributed by atoms with Gasteiger partial charge in [0.05, 0.1) is 0 Å². The highest BCUT2D eigenvalue weighted by molar-refractivity contribution is 9.10. The lowest BCUT2D eigenvalue weighted by Crippen LogP contribution is -2.16. The van der Waals surface area contributed by atoms with Crippen LogP contribution in [-0.2, 0) is 13.0 Å². The molecule has 0 saturated carbocycles. The summed E-state index contributed by atoms with van der Waals surface area (Å²) in [6, 6.07) is 12.4. The van der Waals surface area contributed by atoms with Crippen LogP contribution in [0.4, 0.5) is 4.39 Å². The van der Waals surface area contributed by atoms with Gasteiger partial charge in [-0.2, -0.15) is 0 Å². The van der Waals surface area contributed by atoms with Crippen molar-refractivity contribution in [1.82, 2.24) is 5.32 Å². The second-order valence-electron chi connectivity index (χ2n) is 4.29. The zero-order valence-electron chi connectivity index (χ0n) is 10.3. The van der Waals surface area contributed by atoms with Crippen LogP contribution >= 0.6 is 27.5 Å². The van der Waals surface area contributed by atoms with Crippen LogP contribution in [0.1, 0.15) is 11.1 Å². The van der Waals surface area contributed by atoms with Crippen molar-refractivity contribution in [2.24, 2.45) is 0 Å². The van der Waals surface area contributed by atoms with Crippen LogP contribution < -0.4 is 5.32 Å². The van der Waals surface area contributed by atoms with Gasteiger partial charge in [0.1, 0.15) is 5.82 Å². The van der Waals surface area contributed by atoms with Crippen molar-refractivity contribution in [3.63, 3.8) is 0 Å². The van der Waals surface area contributed by atoms with E-state index in [0.717, 1.165) is 34.6 Å². The van der Waals surface area contributed by atoms with Gasteiger partial charge in [-0.25, -0.2) is 4.39 Å². The summed E-state index contributed by atoms with van der Waals surface area (Å²) in [6.07, 6.45) is 0.880. The first kappa shape index (κ1) is 14.5. The fourth-order valence-corrected chi connectivity index (χ4v) is 2.59. The van der Waals surface area contributed by atoms with Crippen LogP contribution in [0.2, 0.25) is 5.02 Å². The Morgan fingerprint density at radius 2 is 1.84 bits per heavy atom. The zero-order valence-corrected chi connectivity index (χ0v) is 12.6. The van der Waals surface area contributed by atoms with Gasteiger partial charge in [-0.15, -0.1) is 0 Å². The standard InChI is InChI=1S/C15H14BrClFN/c16-15-9-13(17)4-3-12(15)10-19-8-7-11-1-5-14(18)6-2-11/h1-6,9,19H,7-8,10H2. The molecule has 2 rings (SSSR count). The van der Waals surface area contributed by atoms with Gasteiger partial charge in [0.2, 0.25) is 0 Å². The van der Waals surface area contributed by atoms with Gasteiger partial charge < -0.3 is 5.32 Å². The molecule has 100 valence electrons. The van der Waals surface area contributed by atoms with Gasteiger partial charge in [0.25, 0.3) is 0 Å². The Kier molecular flexibility index (Phi) is 5.37. The first-order valence-electron chi connectivity index (χ1n) is 6.04. The molecule has 19 heavy (non-hydrogen) atoms. The Hall–Kier alpha value is -0.900. The maximum absolute atomic E-state index is 12.7. The van der Waals surface area contributed by atoms with Gasteiger partial charge >= 0.3 is 0 Å². The van der Waals surface area contributed by atoms with Crippen molar-refractivity contribution in [2.45, 2.75) is 13.0 Å². The molecule has 0 spiro atoms. The zero-order chi connectivity index (χ0) is 13.7. The van der Waals surface area contributed by atoms with E-state index in [9.17, 15) is 4.39 Å². The van der Waals surface area contributed by atoms with Crippen molar-refractivity contribution in [3.05, 3.63) is 68.9 Å². The van der Waals surface area contributed by atoms with E-state index in [1.54, 1.807) is 0 Å². The lowest BCUT2D eigenvalue weighted by atomic mass is 10.1. The molecule has 0 aliphatic heterocycles. The Morgan fingerprint density at radius 3 is 2.53 bits per heavy atom. The average molecular weight is 343 g/mol. The van der Waals surface area contributed by atoms with Crippen LogP contribution in [0.15, 0.2) is 46.9 Å². The first-order valence-corrected chi connectivity index (χ1v) is 7.21. The van der Waals surface area contributed by atoms with Crippen LogP contribution in [0.3, 0.4) is 0 Å². The van der Waals surface area contributed by atoms with Gasteiger partial charge in [0, 0.05) is 16.0 Å². The molecule has 0 atom stereocenters. The summed E-state index contributed by atoms with van der Waals surface area (Å²) in [7, 11) is 0. The molecule has 0 radical (unpaired) electrons. The molecule has 1 nitrogen and oxygen atoms in total. The highest BCUT2D eigenvalue weighted by Crippen LogP contribution is 2.21. The van der Waals surface area contributed by atoms with Crippen LogP contribution in [0, 0.1) is 5.82 Å². The first-order chi connectivity index (χ1) is 9.15. The Morgan fingerprint density at radius 1 is 1.11 bits per heavy atom. The van der Waals surface area contributed by atoms with Gasteiger partial charge in [0.15, 0.2) is 0 Å². The third kappa shape index (κ3) is 4.60. The van der Waals surface area contributed by atoms with Crippen molar-refractivity contribution in [2.75, 3.05) is 6.54 Å². The van der Waals surface area contributed by atoms with E-state index < -0.39 is 0 Å². The highest BCUT2D eigenvalue weighted by atomic mass is 79.9. The van der Waals surface area contributed by atoms with Gasteiger partial charge in [-0.05, 0) is 48.4 Å². The number of hydrogen-bond donors (Lipinski definition) is 1.